The van der Waals surface area contributed by atoms with Crippen LogP contribution < -0.4 is 5.32 Å². The van der Waals surface area contributed by atoms with Crippen LogP contribution in [0, 0.1) is 0 Å². The van der Waals surface area contributed by atoms with Crippen LogP contribution in [0.25, 0.3) is 0 Å². The van der Waals surface area contributed by atoms with Crippen LogP contribution in [0.2, 0.25) is 0 Å². The first-order valence-corrected chi connectivity index (χ1v) is 9.00. The van der Waals surface area contributed by atoms with Crippen LogP contribution >= 0.6 is 11.8 Å². The predicted octanol–water partition coefficient (Wildman–Crippen LogP) is 2.56. The standard InChI is InChI=1S/C17H26N2OS/c1-19(17(20)13-16-14-21-12-10-18-16)11-6-5-9-15-7-3-2-4-8-15/h2-4,7-8,16,18H,5-6,9-14H2,1H3. The second-order valence-electron chi connectivity index (χ2n) is 5.69. The predicted molar refractivity (Wildman–Crippen MR) is 90.7 cm³/mol. The Hall–Kier alpha value is -1.00. The van der Waals surface area contributed by atoms with Gasteiger partial charge in [-0.25, -0.2) is 0 Å². The van der Waals surface area contributed by atoms with Crippen LogP contribution in [0.3, 0.4) is 0 Å². The van der Waals surface area contributed by atoms with E-state index >= 15 is 0 Å². The second-order valence-corrected chi connectivity index (χ2v) is 6.84. The highest BCUT2D eigenvalue weighted by atomic mass is 32.2. The Kier molecular flexibility index (Phi) is 7.10. The average molecular weight is 306 g/mol. The third kappa shape index (κ3) is 6.10. The highest BCUT2D eigenvalue weighted by Crippen LogP contribution is 2.11. The van der Waals surface area contributed by atoms with Gasteiger partial charge in [0.1, 0.15) is 0 Å². The summed E-state index contributed by atoms with van der Waals surface area (Å²) >= 11 is 1.94. The molecular weight excluding hydrogens is 280 g/mol. The third-order valence-corrected chi connectivity index (χ3v) is 5.03. The Balaban J connectivity index is 1.60. The molecule has 1 fully saturated rings. The molecule has 1 aliphatic heterocycles. The number of hydrogen-bond acceptors (Lipinski definition) is 3. The topological polar surface area (TPSA) is 32.3 Å². The molecule has 0 radical (unpaired) electrons. The summed E-state index contributed by atoms with van der Waals surface area (Å²) in [6, 6.07) is 10.9. The summed E-state index contributed by atoms with van der Waals surface area (Å²) in [5, 5.41) is 3.43. The molecule has 1 heterocycles. The maximum Gasteiger partial charge on any atom is 0.223 e. The number of aryl methyl sites for hydroxylation is 1. The van der Waals surface area contributed by atoms with E-state index in [0.717, 1.165) is 38.1 Å². The lowest BCUT2D eigenvalue weighted by atomic mass is 10.1. The summed E-state index contributed by atoms with van der Waals surface area (Å²) in [7, 11) is 1.93. The van der Waals surface area contributed by atoms with Crippen LogP contribution in [0.5, 0.6) is 0 Å². The number of unbranched alkanes of at least 4 members (excludes halogenated alkanes) is 1. The van der Waals surface area contributed by atoms with Crippen molar-refractivity contribution >= 4 is 17.7 Å². The number of carbonyl (C=O) groups excluding carboxylic acids is 1. The average Bonchev–Trinajstić information content (AvgIpc) is 2.53. The normalized spacial score (nSPS) is 18.4. The Morgan fingerprint density at radius 1 is 1.33 bits per heavy atom. The quantitative estimate of drug-likeness (QED) is 0.786. The number of thioether (sulfide) groups is 1. The van der Waals surface area contributed by atoms with Crippen LogP contribution in [0.1, 0.15) is 24.8 Å². The molecule has 2 rings (SSSR count). The minimum atomic E-state index is 0.273. The summed E-state index contributed by atoms with van der Waals surface area (Å²) in [5.74, 6) is 2.50. The van der Waals surface area contributed by atoms with E-state index in [4.69, 9.17) is 0 Å². The zero-order chi connectivity index (χ0) is 14.9. The van der Waals surface area contributed by atoms with Gasteiger partial charge in [-0.2, -0.15) is 11.8 Å². The van der Waals surface area contributed by atoms with Crippen molar-refractivity contribution < 1.29 is 4.79 Å². The molecule has 1 aromatic rings. The minimum Gasteiger partial charge on any atom is -0.346 e. The van der Waals surface area contributed by atoms with Gasteiger partial charge in [0.25, 0.3) is 0 Å². The molecule has 21 heavy (non-hydrogen) atoms. The fraction of sp³-hybridized carbons (Fsp3) is 0.588. The summed E-state index contributed by atoms with van der Waals surface area (Å²) in [4.78, 5) is 14.0. The fourth-order valence-corrected chi connectivity index (χ4v) is 3.51. The number of benzene rings is 1. The molecular formula is C17H26N2OS. The maximum atomic E-state index is 12.2. The first-order chi connectivity index (χ1) is 10.3. The Morgan fingerprint density at radius 2 is 2.14 bits per heavy atom. The summed E-state index contributed by atoms with van der Waals surface area (Å²) in [6.45, 7) is 1.90. The Morgan fingerprint density at radius 3 is 2.86 bits per heavy atom. The van der Waals surface area contributed by atoms with Crippen LogP contribution in [0.4, 0.5) is 0 Å². The van der Waals surface area contributed by atoms with Gasteiger partial charge >= 0.3 is 0 Å². The van der Waals surface area contributed by atoms with E-state index in [0.29, 0.717) is 12.5 Å². The van der Waals surface area contributed by atoms with Crippen molar-refractivity contribution in [3.63, 3.8) is 0 Å². The number of hydrogen-bond donors (Lipinski definition) is 1. The van der Waals surface area contributed by atoms with E-state index in [1.54, 1.807) is 0 Å². The molecule has 1 aliphatic rings. The van der Waals surface area contributed by atoms with Crippen LogP contribution in [-0.2, 0) is 11.2 Å². The fourth-order valence-electron chi connectivity index (χ4n) is 2.56. The van der Waals surface area contributed by atoms with Crippen molar-refractivity contribution in [1.29, 1.82) is 0 Å². The minimum absolute atomic E-state index is 0.273. The van der Waals surface area contributed by atoms with Gasteiger partial charge in [-0.05, 0) is 24.8 Å². The van der Waals surface area contributed by atoms with Crippen molar-refractivity contribution in [1.82, 2.24) is 10.2 Å². The molecule has 1 saturated heterocycles. The summed E-state index contributed by atoms with van der Waals surface area (Å²) < 4.78 is 0. The first-order valence-electron chi connectivity index (χ1n) is 7.85. The zero-order valence-electron chi connectivity index (χ0n) is 12.9. The van der Waals surface area contributed by atoms with Crippen LogP contribution in [-0.4, -0.2) is 48.5 Å². The maximum absolute atomic E-state index is 12.2. The smallest absolute Gasteiger partial charge is 0.223 e. The number of nitrogens with zero attached hydrogens (tertiary/aromatic N) is 1. The van der Waals surface area contributed by atoms with Gasteiger partial charge in [-0.1, -0.05) is 30.3 Å². The van der Waals surface area contributed by atoms with Gasteiger partial charge in [0, 0.05) is 44.1 Å². The number of rotatable bonds is 7. The lowest BCUT2D eigenvalue weighted by Gasteiger charge is -2.25. The molecule has 1 unspecified atom stereocenters. The molecule has 1 amide bonds. The molecule has 0 aromatic heterocycles. The molecule has 1 N–H and O–H groups in total. The van der Waals surface area contributed by atoms with E-state index < -0.39 is 0 Å². The molecule has 0 bridgehead atoms. The number of amides is 1. The van der Waals surface area contributed by atoms with Crippen molar-refractivity contribution in [3.8, 4) is 0 Å². The van der Waals surface area contributed by atoms with Crippen LogP contribution in [0.15, 0.2) is 30.3 Å². The van der Waals surface area contributed by atoms with E-state index in [-0.39, 0.29) is 5.91 Å². The van der Waals surface area contributed by atoms with Crippen molar-refractivity contribution in [2.45, 2.75) is 31.7 Å². The highest BCUT2D eigenvalue weighted by Gasteiger charge is 2.18. The van der Waals surface area contributed by atoms with Gasteiger partial charge in [0.2, 0.25) is 5.91 Å². The van der Waals surface area contributed by atoms with E-state index in [1.165, 1.54) is 11.3 Å². The largest absolute Gasteiger partial charge is 0.346 e. The van der Waals surface area contributed by atoms with E-state index in [9.17, 15) is 4.79 Å². The molecule has 0 aliphatic carbocycles. The number of carbonyl (C=O) groups is 1. The molecule has 1 aromatic carbocycles. The molecule has 1 atom stereocenters. The third-order valence-electron chi connectivity index (χ3n) is 3.90. The summed E-state index contributed by atoms with van der Waals surface area (Å²) in [6.07, 6.45) is 3.95. The monoisotopic (exact) mass is 306 g/mol. The summed E-state index contributed by atoms with van der Waals surface area (Å²) in [5.41, 5.74) is 1.38. The second kappa shape index (κ2) is 9.11. The molecule has 0 spiro atoms. The van der Waals surface area contributed by atoms with Crippen molar-refractivity contribution in [2.24, 2.45) is 0 Å². The number of nitrogens with one attached hydrogen (secondary N) is 1. The van der Waals surface area contributed by atoms with Crippen molar-refractivity contribution in [3.05, 3.63) is 35.9 Å². The van der Waals surface area contributed by atoms with Gasteiger partial charge in [-0.3, -0.25) is 4.79 Å². The van der Waals surface area contributed by atoms with Crippen molar-refractivity contribution in [2.75, 3.05) is 31.6 Å². The van der Waals surface area contributed by atoms with Gasteiger partial charge < -0.3 is 10.2 Å². The Labute approximate surface area is 132 Å². The zero-order valence-corrected chi connectivity index (χ0v) is 13.7. The highest BCUT2D eigenvalue weighted by molar-refractivity contribution is 7.99. The molecule has 3 nitrogen and oxygen atoms in total. The lowest BCUT2D eigenvalue weighted by molar-refractivity contribution is -0.130. The molecule has 116 valence electrons. The van der Waals surface area contributed by atoms with E-state index in [1.807, 2.05) is 29.8 Å². The van der Waals surface area contributed by atoms with Gasteiger partial charge in [-0.15, -0.1) is 0 Å². The van der Waals surface area contributed by atoms with E-state index in [2.05, 4.69) is 29.6 Å². The Bertz CT molecular complexity index is 418. The molecule has 4 heteroatoms. The SMILES string of the molecule is CN(CCCCc1ccccc1)C(=O)CC1CSCCN1. The first kappa shape index (κ1) is 16.4. The van der Waals surface area contributed by atoms with Gasteiger partial charge in [0.05, 0.1) is 0 Å². The molecule has 0 saturated carbocycles. The lowest BCUT2D eigenvalue weighted by Crippen LogP contribution is -2.41. The van der Waals surface area contributed by atoms with Gasteiger partial charge in [0.15, 0.2) is 0 Å².